The van der Waals surface area contributed by atoms with E-state index in [4.69, 9.17) is 5.84 Å². The van der Waals surface area contributed by atoms with Gasteiger partial charge in [-0.05, 0) is 12.3 Å². The number of aromatic nitrogens is 3. The molecule has 0 aromatic carbocycles. The second-order valence-electron chi connectivity index (χ2n) is 4.52. The minimum Gasteiger partial charge on any atom is -0.308 e. The lowest BCUT2D eigenvalue weighted by molar-refractivity contribution is 0.783. The number of nitrogen functional groups attached to an aromatic ring is 1. The number of nitrogens with zero attached hydrogens (tertiary/aromatic N) is 3. The zero-order chi connectivity index (χ0) is 12.4. The third-order valence-electron chi connectivity index (χ3n) is 2.74. The molecule has 0 bridgehead atoms. The molecule has 0 amide bonds. The first kappa shape index (κ1) is 11.9. The Hall–Kier alpha value is -1.62. The molecule has 0 aliphatic rings. The van der Waals surface area contributed by atoms with Gasteiger partial charge in [-0.25, -0.2) is 10.8 Å². The number of rotatable bonds is 4. The highest BCUT2D eigenvalue weighted by atomic mass is 15.4. The molecular formula is C12H19N5. The van der Waals surface area contributed by atoms with Crippen LogP contribution < -0.4 is 11.3 Å². The summed E-state index contributed by atoms with van der Waals surface area (Å²) >= 11 is 0. The molecule has 17 heavy (non-hydrogen) atoms. The lowest BCUT2D eigenvalue weighted by atomic mass is 10.1. The molecule has 3 N–H and O–H groups in total. The summed E-state index contributed by atoms with van der Waals surface area (Å²) < 4.78 is 1.76. The van der Waals surface area contributed by atoms with Gasteiger partial charge in [0.25, 0.3) is 0 Å². The van der Waals surface area contributed by atoms with Crippen LogP contribution in [-0.4, -0.2) is 14.6 Å². The van der Waals surface area contributed by atoms with Crippen LogP contribution >= 0.6 is 0 Å². The normalized spacial score (nSPS) is 11.4. The van der Waals surface area contributed by atoms with Gasteiger partial charge in [-0.2, -0.15) is 9.61 Å². The van der Waals surface area contributed by atoms with Crippen LogP contribution in [0, 0.1) is 0 Å². The van der Waals surface area contributed by atoms with E-state index in [2.05, 4.69) is 36.3 Å². The van der Waals surface area contributed by atoms with Crippen LogP contribution in [0.2, 0.25) is 0 Å². The van der Waals surface area contributed by atoms with Gasteiger partial charge in [0.2, 0.25) is 0 Å². The van der Waals surface area contributed by atoms with Crippen molar-refractivity contribution in [1.29, 1.82) is 0 Å². The second-order valence-corrected chi connectivity index (χ2v) is 4.52. The Morgan fingerprint density at radius 3 is 2.76 bits per heavy atom. The number of hydrogen-bond donors (Lipinski definition) is 2. The van der Waals surface area contributed by atoms with Gasteiger partial charge in [0, 0.05) is 17.8 Å². The summed E-state index contributed by atoms with van der Waals surface area (Å²) in [5, 5.41) is 4.50. The topological polar surface area (TPSA) is 68.2 Å². The molecule has 0 saturated carbocycles. The zero-order valence-electron chi connectivity index (χ0n) is 10.6. The first-order chi connectivity index (χ1) is 8.15. The van der Waals surface area contributed by atoms with Crippen molar-refractivity contribution in [3.05, 3.63) is 23.5 Å². The summed E-state index contributed by atoms with van der Waals surface area (Å²) in [5.74, 6) is 6.70. The molecule has 0 aliphatic carbocycles. The van der Waals surface area contributed by atoms with Crippen molar-refractivity contribution in [2.75, 3.05) is 5.43 Å². The van der Waals surface area contributed by atoms with E-state index in [0.717, 1.165) is 35.7 Å². The summed E-state index contributed by atoms with van der Waals surface area (Å²) in [6, 6.07) is 3.97. The maximum absolute atomic E-state index is 5.53. The van der Waals surface area contributed by atoms with Gasteiger partial charge in [0.1, 0.15) is 5.82 Å². The minimum atomic E-state index is 0.386. The molecule has 0 saturated heterocycles. The van der Waals surface area contributed by atoms with Crippen molar-refractivity contribution < 1.29 is 0 Å². The molecule has 0 fully saturated rings. The van der Waals surface area contributed by atoms with Crippen molar-refractivity contribution >= 4 is 11.5 Å². The minimum absolute atomic E-state index is 0.386. The Bertz CT molecular complexity index is 515. The van der Waals surface area contributed by atoms with Gasteiger partial charge in [-0.3, -0.25) is 0 Å². The summed E-state index contributed by atoms with van der Waals surface area (Å²) in [4.78, 5) is 4.58. The van der Waals surface area contributed by atoms with Gasteiger partial charge >= 0.3 is 0 Å². The van der Waals surface area contributed by atoms with Crippen LogP contribution in [0.25, 0.3) is 5.65 Å². The fourth-order valence-corrected chi connectivity index (χ4v) is 1.81. The van der Waals surface area contributed by atoms with E-state index in [9.17, 15) is 0 Å². The van der Waals surface area contributed by atoms with Crippen LogP contribution in [0.5, 0.6) is 0 Å². The molecule has 0 spiro atoms. The molecule has 0 atom stereocenters. The Morgan fingerprint density at radius 1 is 1.41 bits per heavy atom. The molecule has 2 rings (SSSR count). The molecule has 0 aliphatic heterocycles. The van der Waals surface area contributed by atoms with E-state index in [1.807, 2.05) is 12.1 Å². The summed E-state index contributed by atoms with van der Waals surface area (Å²) in [7, 11) is 0. The van der Waals surface area contributed by atoms with Crippen LogP contribution in [0.15, 0.2) is 12.1 Å². The quantitative estimate of drug-likeness (QED) is 0.626. The highest BCUT2D eigenvalue weighted by molar-refractivity contribution is 5.50. The number of fused-ring (bicyclic) bond motifs is 1. The number of nitrogens with one attached hydrogen (secondary N) is 1. The predicted molar refractivity (Wildman–Crippen MR) is 68.9 cm³/mol. The number of nitrogens with two attached hydrogens (primary N) is 1. The smallest absolute Gasteiger partial charge is 0.157 e. The predicted octanol–water partition coefficient (Wildman–Crippen LogP) is 2.09. The first-order valence-electron chi connectivity index (χ1n) is 6.02. The van der Waals surface area contributed by atoms with E-state index < -0.39 is 0 Å². The molecule has 0 unspecified atom stereocenters. The maximum Gasteiger partial charge on any atom is 0.157 e. The molecule has 5 heteroatoms. The van der Waals surface area contributed by atoms with Gasteiger partial charge in [-0.15, -0.1) is 0 Å². The van der Waals surface area contributed by atoms with Crippen LogP contribution in [0.3, 0.4) is 0 Å². The van der Waals surface area contributed by atoms with Crippen LogP contribution in [0.4, 0.5) is 5.82 Å². The van der Waals surface area contributed by atoms with Gasteiger partial charge in [0.05, 0.1) is 5.69 Å². The average molecular weight is 233 g/mol. The van der Waals surface area contributed by atoms with Gasteiger partial charge in [-0.1, -0.05) is 27.2 Å². The average Bonchev–Trinajstić information content (AvgIpc) is 2.72. The molecular weight excluding hydrogens is 214 g/mol. The zero-order valence-corrected chi connectivity index (χ0v) is 10.6. The lowest BCUT2D eigenvalue weighted by Gasteiger charge is -2.06. The van der Waals surface area contributed by atoms with Crippen LogP contribution in [-0.2, 0) is 6.42 Å². The number of anilines is 1. The van der Waals surface area contributed by atoms with Crippen molar-refractivity contribution in [2.24, 2.45) is 5.84 Å². The largest absolute Gasteiger partial charge is 0.308 e. The van der Waals surface area contributed by atoms with Gasteiger partial charge < -0.3 is 5.43 Å². The third-order valence-corrected chi connectivity index (χ3v) is 2.74. The number of aryl methyl sites for hydroxylation is 1. The molecule has 0 radical (unpaired) electrons. The van der Waals surface area contributed by atoms with E-state index >= 15 is 0 Å². The van der Waals surface area contributed by atoms with E-state index in [1.165, 1.54) is 0 Å². The highest BCUT2D eigenvalue weighted by Crippen LogP contribution is 2.18. The van der Waals surface area contributed by atoms with Crippen molar-refractivity contribution in [3.8, 4) is 0 Å². The first-order valence-corrected chi connectivity index (χ1v) is 6.02. The monoisotopic (exact) mass is 233 g/mol. The van der Waals surface area contributed by atoms with E-state index in [0.29, 0.717) is 5.92 Å². The Kier molecular flexibility index (Phi) is 3.28. The number of hydrazine groups is 1. The fourth-order valence-electron chi connectivity index (χ4n) is 1.81. The Morgan fingerprint density at radius 2 is 2.18 bits per heavy atom. The Balaban J connectivity index is 2.57. The Labute approximate surface area is 101 Å². The van der Waals surface area contributed by atoms with Crippen LogP contribution in [0.1, 0.15) is 44.5 Å². The molecule has 2 aromatic heterocycles. The standard InChI is InChI=1S/C12H19N5/c1-4-5-9-6-12(15-13)17-11(14-9)7-10(16-17)8(2)3/h6-8,15H,4-5,13H2,1-3H3. The number of hydrogen-bond acceptors (Lipinski definition) is 4. The summed E-state index contributed by atoms with van der Waals surface area (Å²) in [6.07, 6.45) is 2.02. The lowest BCUT2D eigenvalue weighted by Crippen LogP contribution is -2.13. The fraction of sp³-hybridized carbons (Fsp3) is 0.500. The van der Waals surface area contributed by atoms with E-state index in [-0.39, 0.29) is 0 Å². The molecule has 5 nitrogen and oxygen atoms in total. The van der Waals surface area contributed by atoms with Gasteiger partial charge in [0.15, 0.2) is 5.65 Å². The SMILES string of the molecule is CCCc1cc(NN)n2nc(C(C)C)cc2n1. The molecule has 92 valence electrons. The van der Waals surface area contributed by atoms with Crippen molar-refractivity contribution in [2.45, 2.75) is 39.5 Å². The summed E-state index contributed by atoms with van der Waals surface area (Å²) in [6.45, 7) is 6.37. The van der Waals surface area contributed by atoms with Crippen molar-refractivity contribution in [1.82, 2.24) is 14.6 Å². The van der Waals surface area contributed by atoms with Crippen molar-refractivity contribution in [3.63, 3.8) is 0 Å². The highest BCUT2D eigenvalue weighted by Gasteiger charge is 2.10. The molecule has 2 heterocycles. The summed E-state index contributed by atoms with van der Waals surface area (Å²) in [5.41, 5.74) is 5.61. The molecule has 2 aromatic rings. The third kappa shape index (κ3) is 2.24. The maximum atomic E-state index is 5.53. The second kappa shape index (κ2) is 4.71. The van der Waals surface area contributed by atoms with E-state index in [1.54, 1.807) is 4.52 Å².